The molecule has 1 aliphatic heterocycles. The maximum Gasteiger partial charge on any atom is 0.460 e. The highest BCUT2D eigenvalue weighted by molar-refractivity contribution is 6.47. The number of nitrogens with zero attached hydrogens (tertiary/aromatic N) is 1. The Kier molecular flexibility index (Phi) is 3.57. The molecule has 3 rings (SSSR count). The number of pyridine rings is 1. The molecule has 4 nitrogen and oxygen atoms in total. The molecule has 2 aromatic rings. The van der Waals surface area contributed by atoms with Crippen LogP contribution < -0.4 is 0 Å². The first-order valence-corrected chi connectivity index (χ1v) is 7.92. The van der Waals surface area contributed by atoms with Crippen molar-refractivity contribution in [1.82, 2.24) is 4.98 Å². The van der Waals surface area contributed by atoms with Gasteiger partial charge in [-0.05, 0) is 25.0 Å². The summed E-state index contributed by atoms with van der Waals surface area (Å²) >= 11 is 0. The number of hydrogen-bond donors (Lipinski definition) is 0. The highest BCUT2D eigenvalue weighted by Crippen LogP contribution is 2.15. The minimum absolute atomic E-state index is 0.352. The van der Waals surface area contributed by atoms with Crippen molar-refractivity contribution in [2.24, 2.45) is 0 Å². The Balaban J connectivity index is 1.77. The van der Waals surface area contributed by atoms with E-state index in [9.17, 15) is 4.79 Å². The SMILES string of the molecule is O=C(O[Si]1CCCCO1)c1ccc2ccccc2n1. The van der Waals surface area contributed by atoms with E-state index in [1.165, 1.54) is 0 Å². The van der Waals surface area contributed by atoms with E-state index in [-0.39, 0.29) is 5.97 Å². The number of carbonyl (C=O) groups excluding carboxylic acids is 1. The van der Waals surface area contributed by atoms with Crippen LogP contribution in [0.5, 0.6) is 0 Å². The molecule has 0 atom stereocenters. The fourth-order valence-electron chi connectivity index (χ4n) is 2.05. The average Bonchev–Trinajstić information content (AvgIpc) is 2.48. The summed E-state index contributed by atoms with van der Waals surface area (Å²) in [7, 11) is -1.44. The van der Waals surface area contributed by atoms with Crippen LogP contribution in [-0.2, 0) is 8.85 Å². The molecule has 0 aliphatic carbocycles. The van der Waals surface area contributed by atoms with Crippen LogP contribution in [0.2, 0.25) is 6.04 Å². The summed E-state index contributed by atoms with van der Waals surface area (Å²) in [5.41, 5.74) is 1.16. The maximum absolute atomic E-state index is 12.0. The summed E-state index contributed by atoms with van der Waals surface area (Å²) < 4.78 is 10.9. The van der Waals surface area contributed by atoms with Gasteiger partial charge in [-0.2, -0.15) is 0 Å². The standard InChI is InChI=1S/C14H14NO3Si/c16-14(18-19-10-4-3-9-17-19)13-8-7-11-5-1-2-6-12(11)15-13/h1-2,5-8H,3-4,9-10H2. The van der Waals surface area contributed by atoms with Crippen molar-refractivity contribution in [2.75, 3.05) is 6.61 Å². The molecule has 0 spiro atoms. The number of aromatic nitrogens is 1. The molecule has 0 unspecified atom stereocenters. The summed E-state index contributed by atoms with van der Waals surface area (Å²) in [6, 6.07) is 12.2. The van der Waals surface area contributed by atoms with Gasteiger partial charge in [-0.25, -0.2) is 9.78 Å². The molecule has 0 N–H and O–H groups in total. The van der Waals surface area contributed by atoms with Gasteiger partial charge in [0.1, 0.15) is 5.69 Å². The molecule has 1 radical (unpaired) electrons. The van der Waals surface area contributed by atoms with E-state index in [2.05, 4.69) is 4.98 Å². The van der Waals surface area contributed by atoms with Crippen LogP contribution in [0.1, 0.15) is 23.3 Å². The molecule has 1 aliphatic rings. The molecule has 0 saturated carbocycles. The normalized spacial score (nSPS) is 16.4. The Morgan fingerprint density at radius 2 is 2.11 bits per heavy atom. The van der Waals surface area contributed by atoms with E-state index in [0.717, 1.165) is 29.8 Å². The Hall–Kier alpha value is -1.72. The Labute approximate surface area is 113 Å². The fourth-order valence-corrected chi connectivity index (χ4v) is 3.57. The van der Waals surface area contributed by atoms with E-state index in [1.807, 2.05) is 30.3 Å². The van der Waals surface area contributed by atoms with Crippen LogP contribution in [0.25, 0.3) is 10.9 Å². The van der Waals surface area contributed by atoms with Crippen LogP contribution in [0.4, 0.5) is 0 Å². The number of fused-ring (bicyclic) bond motifs is 1. The molecule has 97 valence electrons. The Morgan fingerprint density at radius 1 is 1.21 bits per heavy atom. The quantitative estimate of drug-likeness (QED) is 0.789. The van der Waals surface area contributed by atoms with Gasteiger partial charge in [0.05, 0.1) is 5.52 Å². The summed E-state index contributed by atoms with van der Waals surface area (Å²) in [4.78, 5) is 16.3. The lowest BCUT2D eigenvalue weighted by molar-refractivity contribution is 0.0658. The van der Waals surface area contributed by atoms with Crippen LogP contribution in [-0.4, -0.2) is 26.8 Å². The van der Waals surface area contributed by atoms with Crippen molar-refractivity contribution in [1.29, 1.82) is 0 Å². The highest BCUT2D eigenvalue weighted by Gasteiger charge is 2.25. The topological polar surface area (TPSA) is 48.4 Å². The van der Waals surface area contributed by atoms with E-state index < -0.39 is 9.28 Å². The zero-order chi connectivity index (χ0) is 13.1. The lowest BCUT2D eigenvalue weighted by atomic mass is 10.2. The molecular weight excluding hydrogens is 258 g/mol. The molecule has 1 aromatic heterocycles. The largest absolute Gasteiger partial charge is 0.487 e. The Morgan fingerprint density at radius 3 is 2.95 bits per heavy atom. The van der Waals surface area contributed by atoms with Gasteiger partial charge >= 0.3 is 15.3 Å². The Bertz CT molecular complexity index is 596. The fraction of sp³-hybridized carbons (Fsp3) is 0.286. The van der Waals surface area contributed by atoms with E-state index >= 15 is 0 Å². The number of carbonyl (C=O) groups is 1. The molecular formula is C14H14NO3Si. The van der Waals surface area contributed by atoms with E-state index in [1.54, 1.807) is 6.07 Å². The summed E-state index contributed by atoms with van der Waals surface area (Å²) in [6.07, 6.45) is 2.13. The molecule has 19 heavy (non-hydrogen) atoms. The highest BCUT2D eigenvalue weighted by atomic mass is 28.3. The first kappa shape index (κ1) is 12.3. The monoisotopic (exact) mass is 272 g/mol. The van der Waals surface area contributed by atoms with Crippen LogP contribution >= 0.6 is 0 Å². The summed E-state index contributed by atoms with van der Waals surface area (Å²) in [6.45, 7) is 0.701. The number of hydrogen-bond acceptors (Lipinski definition) is 4. The van der Waals surface area contributed by atoms with Gasteiger partial charge in [0, 0.05) is 18.0 Å². The van der Waals surface area contributed by atoms with Crippen LogP contribution in [0.15, 0.2) is 36.4 Å². The first-order valence-electron chi connectivity index (χ1n) is 6.39. The number of benzene rings is 1. The van der Waals surface area contributed by atoms with E-state index in [4.69, 9.17) is 8.85 Å². The van der Waals surface area contributed by atoms with Gasteiger partial charge in [-0.15, -0.1) is 0 Å². The smallest absolute Gasteiger partial charge is 0.460 e. The number of para-hydroxylation sites is 1. The molecule has 0 amide bonds. The lowest BCUT2D eigenvalue weighted by Gasteiger charge is -2.18. The third kappa shape index (κ3) is 2.82. The third-order valence-electron chi connectivity index (χ3n) is 3.05. The predicted molar refractivity (Wildman–Crippen MR) is 72.9 cm³/mol. The molecule has 1 aromatic carbocycles. The van der Waals surface area contributed by atoms with Crippen molar-refractivity contribution >= 4 is 26.2 Å². The van der Waals surface area contributed by atoms with E-state index in [0.29, 0.717) is 12.3 Å². The second kappa shape index (κ2) is 5.50. The zero-order valence-electron chi connectivity index (χ0n) is 10.5. The maximum atomic E-state index is 12.0. The van der Waals surface area contributed by atoms with Crippen molar-refractivity contribution in [3.8, 4) is 0 Å². The minimum atomic E-state index is -1.44. The zero-order valence-corrected chi connectivity index (χ0v) is 11.5. The predicted octanol–water partition coefficient (Wildman–Crippen LogP) is 2.69. The van der Waals surface area contributed by atoms with Gasteiger partial charge in [-0.3, -0.25) is 0 Å². The molecule has 5 heteroatoms. The van der Waals surface area contributed by atoms with Gasteiger partial charge in [0.2, 0.25) is 0 Å². The molecule has 1 saturated heterocycles. The van der Waals surface area contributed by atoms with Gasteiger partial charge in [-0.1, -0.05) is 24.3 Å². The summed E-state index contributed by atoms with van der Waals surface area (Å²) in [5.74, 6) is -0.374. The first-order chi connectivity index (χ1) is 9.33. The lowest BCUT2D eigenvalue weighted by Crippen LogP contribution is -2.30. The second-order valence-corrected chi connectivity index (χ2v) is 6.19. The van der Waals surface area contributed by atoms with Crippen molar-refractivity contribution in [2.45, 2.75) is 18.9 Å². The average molecular weight is 272 g/mol. The number of rotatable bonds is 2. The molecule has 0 bridgehead atoms. The molecule has 2 heterocycles. The van der Waals surface area contributed by atoms with Crippen molar-refractivity contribution in [3.05, 3.63) is 42.1 Å². The van der Waals surface area contributed by atoms with Crippen molar-refractivity contribution < 1.29 is 13.6 Å². The van der Waals surface area contributed by atoms with Gasteiger partial charge < -0.3 is 8.85 Å². The third-order valence-corrected chi connectivity index (χ3v) is 4.75. The van der Waals surface area contributed by atoms with Crippen LogP contribution in [0, 0.1) is 0 Å². The van der Waals surface area contributed by atoms with Gasteiger partial charge in [0.25, 0.3) is 0 Å². The van der Waals surface area contributed by atoms with Crippen LogP contribution in [0.3, 0.4) is 0 Å². The summed E-state index contributed by atoms with van der Waals surface area (Å²) in [5, 5.41) is 1.02. The van der Waals surface area contributed by atoms with Crippen molar-refractivity contribution in [3.63, 3.8) is 0 Å². The molecule has 1 fully saturated rings. The second-order valence-electron chi connectivity index (χ2n) is 4.46. The minimum Gasteiger partial charge on any atom is -0.487 e. The van der Waals surface area contributed by atoms with Gasteiger partial charge in [0.15, 0.2) is 0 Å².